The van der Waals surface area contributed by atoms with Crippen molar-refractivity contribution in [2.24, 2.45) is 0 Å². The van der Waals surface area contributed by atoms with Gasteiger partial charge in [0.25, 0.3) is 5.56 Å². The minimum absolute atomic E-state index is 0.0594. The van der Waals surface area contributed by atoms with E-state index >= 15 is 0 Å². The van der Waals surface area contributed by atoms with Crippen molar-refractivity contribution in [1.29, 1.82) is 0 Å². The van der Waals surface area contributed by atoms with Gasteiger partial charge in [-0.1, -0.05) is 6.07 Å². The van der Waals surface area contributed by atoms with Gasteiger partial charge >= 0.3 is 0 Å². The lowest BCUT2D eigenvalue weighted by molar-refractivity contribution is -0.119. The molecule has 0 saturated heterocycles. The Balaban J connectivity index is 1.18. The quantitative estimate of drug-likeness (QED) is 0.607. The average molecular weight is 444 g/mol. The first-order valence-corrected chi connectivity index (χ1v) is 11.9. The van der Waals surface area contributed by atoms with Crippen LogP contribution < -0.4 is 20.3 Å². The monoisotopic (exact) mass is 443 g/mol. The van der Waals surface area contributed by atoms with Crippen LogP contribution in [0.1, 0.15) is 41.2 Å². The molecule has 2 N–H and O–H groups in total. The van der Waals surface area contributed by atoms with Gasteiger partial charge in [-0.3, -0.25) is 9.59 Å². The van der Waals surface area contributed by atoms with Crippen LogP contribution in [0.5, 0.6) is 11.5 Å². The number of hydrogen-bond donors (Lipinski definition) is 2. The van der Waals surface area contributed by atoms with Crippen LogP contribution in [0.4, 0.5) is 0 Å². The summed E-state index contributed by atoms with van der Waals surface area (Å²) in [5.74, 6) is 2.75. The highest BCUT2D eigenvalue weighted by molar-refractivity contribution is 7.99. The third kappa shape index (κ3) is 3.67. The molecule has 2 aromatic heterocycles. The smallest absolute Gasteiger partial charge is 0.259 e. The number of aromatic amines is 1. The second-order valence-electron chi connectivity index (χ2n) is 7.44. The number of aromatic nitrogens is 2. The number of carbonyl (C=O) groups is 1. The zero-order valence-electron chi connectivity index (χ0n) is 16.4. The zero-order chi connectivity index (χ0) is 20.7. The molecule has 0 radical (unpaired) electrons. The van der Waals surface area contributed by atoms with Crippen molar-refractivity contribution >= 4 is 39.2 Å². The topological polar surface area (TPSA) is 93.3 Å². The van der Waals surface area contributed by atoms with E-state index in [0.29, 0.717) is 17.3 Å². The number of aryl methyl sites for hydroxylation is 2. The number of thioether (sulfide) groups is 1. The van der Waals surface area contributed by atoms with Crippen molar-refractivity contribution in [1.82, 2.24) is 15.3 Å². The SMILES string of the molecule is CC(NC(=O)CSCc1nc2sc3c(c2c(=O)[nH]1)CCC3)c1ccc2c(c1)OCO2. The third-order valence-corrected chi connectivity index (χ3v) is 7.50. The van der Waals surface area contributed by atoms with Gasteiger partial charge in [-0.15, -0.1) is 23.1 Å². The molecule has 0 fully saturated rings. The van der Waals surface area contributed by atoms with E-state index in [1.165, 1.54) is 22.2 Å². The number of nitrogens with zero attached hydrogens (tertiary/aromatic N) is 1. The standard InChI is InChI=1S/C21H21N3O4S2/c1-11(12-5-6-14-15(7-12)28-10-27-14)22-18(25)9-29-8-17-23-20(26)19-13-3-2-4-16(13)30-21(19)24-17/h5-7,11H,2-4,8-10H2,1H3,(H,22,25)(H,23,24,26). The summed E-state index contributed by atoms with van der Waals surface area (Å²) in [4.78, 5) is 34.5. The zero-order valence-corrected chi connectivity index (χ0v) is 18.1. The Labute approximate surface area is 181 Å². The molecule has 1 atom stereocenters. The minimum Gasteiger partial charge on any atom is -0.454 e. The van der Waals surface area contributed by atoms with E-state index in [9.17, 15) is 9.59 Å². The fourth-order valence-electron chi connectivity index (χ4n) is 3.90. The number of hydrogen-bond acceptors (Lipinski definition) is 7. The van der Waals surface area contributed by atoms with E-state index in [2.05, 4.69) is 15.3 Å². The van der Waals surface area contributed by atoms with Crippen LogP contribution in [0.15, 0.2) is 23.0 Å². The van der Waals surface area contributed by atoms with E-state index in [1.807, 2.05) is 25.1 Å². The molecule has 5 rings (SSSR count). The van der Waals surface area contributed by atoms with Crippen molar-refractivity contribution in [3.63, 3.8) is 0 Å². The van der Waals surface area contributed by atoms with Gasteiger partial charge in [0.1, 0.15) is 10.7 Å². The van der Waals surface area contributed by atoms with Gasteiger partial charge in [-0.25, -0.2) is 4.98 Å². The van der Waals surface area contributed by atoms with Crippen LogP contribution in [-0.4, -0.2) is 28.4 Å². The molecule has 30 heavy (non-hydrogen) atoms. The van der Waals surface area contributed by atoms with Crippen LogP contribution in [0.25, 0.3) is 10.2 Å². The molecule has 2 aliphatic rings. The number of nitrogens with one attached hydrogen (secondary N) is 2. The van der Waals surface area contributed by atoms with E-state index in [0.717, 1.165) is 40.8 Å². The van der Waals surface area contributed by atoms with Crippen molar-refractivity contribution in [3.05, 3.63) is 50.4 Å². The lowest BCUT2D eigenvalue weighted by Crippen LogP contribution is -2.28. The van der Waals surface area contributed by atoms with Gasteiger partial charge in [0.2, 0.25) is 12.7 Å². The van der Waals surface area contributed by atoms with Gasteiger partial charge in [0.05, 0.1) is 22.9 Å². The molecule has 1 amide bonds. The highest BCUT2D eigenvalue weighted by atomic mass is 32.2. The molecule has 1 aliphatic heterocycles. The number of rotatable bonds is 6. The Hall–Kier alpha value is -2.52. The van der Waals surface area contributed by atoms with Crippen molar-refractivity contribution in [3.8, 4) is 11.5 Å². The number of H-pyrrole nitrogens is 1. The molecule has 0 bridgehead atoms. The summed E-state index contributed by atoms with van der Waals surface area (Å²) >= 11 is 3.07. The molecule has 0 spiro atoms. The van der Waals surface area contributed by atoms with Gasteiger partial charge in [-0.05, 0) is 49.4 Å². The predicted molar refractivity (Wildman–Crippen MR) is 118 cm³/mol. The second kappa shape index (κ2) is 7.96. The fourth-order valence-corrected chi connectivity index (χ4v) is 5.89. The van der Waals surface area contributed by atoms with Gasteiger partial charge in [0.15, 0.2) is 11.5 Å². The summed E-state index contributed by atoms with van der Waals surface area (Å²) in [5.41, 5.74) is 2.08. The van der Waals surface area contributed by atoms with Gasteiger partial charge in [0, 0.05) is 4.88 Å². The maximum atomic E-state index is 12.5. The van der Waals surface area contributed by atoms with Crippen LogP contribution in [0.3, 0.4) is 0 Å². The highest BCUT2D eigenvalue weighted by Crippen LogP contribution is 2.35. The Kier molecular flexibility index (Phi) is 5.16. The maximum absolute atomic E-state index is 12.5. The lowest BCUT2D eigenvalue weighted by atomic mass is 10.1. The molecule has 9 heteroatoms. The lowest BCUT2D eigenvalue weighted by Gasteiger charge is -2.14. The molecule has 3 heterocycles. The predicted octanol–water partition coefficient (Wildman–Crippen LogP) is 3.31. The number of ether oxygens (including phenoxy) is 2. The summed E-state index contributed by atoms with van der Waals surface area (Å²) in [6, 6.07) is 5.53. The molecular weight excluding hydrogens is 422 g/mol. The van der Waals surface area contributed by atoms with E-state index in [-0.39, 0.29) is 30.1 Å². The summed E-state index contributed by atoms with van der Waals surface area (Å²) in [6.07, 6.45) is 3.13. The largest absolute Gasteiger partial charge is 0.454 e. The van der Waals surface area contributed by atoms with Crippen molar-refractivity contribution < 1.29 is 14.3 Å². The maximum Gasteiger partial charge on any atom is 0.259 e. The van der Waals surface area contributed by atoms with Crippen molar-refractivity contribution in [2.75, 3.05) is 12.5 Å². The van der Waals surface area contributed by atoms with Gasteiger partial charge in [-0.2, -0.15) is 0 Å². The highest BCUT2D eigenvalue weighted by Gasteiger charge is 2.21. The van der Waals surface area contributed by atoms with Crippen LogP contribution in [-0.2, 0) is 23.4 Å². The van der Waals surface area contributed by atoms with E-state index < -0.39 is 0 Å². The van der Waals surface area contributed by atoms with E-state index in [4.69, 9.17) is 9.47 Å². The molecule has 3 aromatic rings. The molecule has 7 nitrogen and oxygen atoms in total. The summed E-state index contributed by atoms with van der Waals surface area (Å²) in [6.45, 7) is 2.16. The Morgan fingerprint density at radius 2 is 2.20 bits per heavy atom. The van der Waals surface area contributed by atoms with Crippen LogP contribution in [0.2, 0.25) is 0 Å². The number of carbonyl (C=O) groups excluding carboxylic acids is 1. The first kappa shape index (κ1) is 19.4. The molecule has 1 aromatic carbocycles. The Morgan fingerprint density at radius 3 is 3.10 bits per heavy atom. The normalized spacial score (nSPS) is 15.4. The molecule has 0 saturated carbocycles. The van der Waals surface area contributed by atoms with Gasteiger partial charge < -0.3 is 19.8 Å². The molecule has 1 unspecified atom stereocenters. The minimum atomic E-state index is -0.143. The van der Waals surface area contributed by atoms with Crippen molar-refractivity contribution in [2.45, 2.75) is 38.0 Å². The second-order valence-corrected chi connectivity index (χ2v) is 9.51. The Bertz CT molecular complexity index is 1190. The fraction of sp³-hybridized carbons (Fsp3) is 0.381. The number of benzene rings is 1. The number of fused-ring (bicyclic) bond motifs is 4. The van der Waals surface area contributed by atoms with Crippen LogP contribution >= 0.6 is 23.1 Å². The molecule has 156 valence electrons. The van der Waals surface area contributed by atoms with E-state index in [1.54, 1.807) is 11.3 Å². The third-order valence-electron chi connectivity index (χ3n) is 5.37. The number of amides is 1. The average Bonchev–Trinajstić information content (AvgIpc) is 3.42. The summed E-state index contributed by atoms with van der Waals surface area (Å²) in [5, 5.41) is 3.75. The van der Waals surface area contributed by atoms with Crippen LogP contribution in [0, 0.1) is 0 Å². The molecule has 1 aliphatic carbocycles. The summed E-state index contributed by atoms with van der Waals surface area (Å²) < 4.78 is 10.7. The Morgan fingerprint density at radius 1 is 1.33 bits per heavy atom. The number of thiophene rings is 1. The summed E-state index contributed by atoms with van der Waals surface area (Å²) in [7, 11) is 0. The molecular formula is C21H21N3O4S2. The first-order valence-electron chi connectivity index (χ1n) is 9.88. The first-order chi connectivity index (χ1) is 14.6.